The molecule has 122 valence electrons. The van der Waals surface area contributed by atoms with Crippen molar-refractivity contribution < 1.29 is 4.79 Å². The third kappa shape index (κ3) is 6.35. The summed E-state index contributed by atoms with van der Waals surface area (Å²) in [7, 11) is 2.24. The van der Waals surface area contributed by atoms with Crippen LogP contribution in [0.15, 0.2) is 0 Å². The van der Waals surface area contributed by atoms with E-state index >= 15 is 0 Å². The Kier molecular flexibility index (Phi) is 7.51. The van der Waals surface area contributed by atoms with Gasteiger partial charge in [-0.3, -0.25) is 4.79 Å². The summed E-state index contributed by atoms with van der Waals surface area (Å²) in [6.07, 6.45) is 11.1. The van der Waals surface area contributed by atoms with Gasteiger partial charge in [0.25, 0.3) is 0 Å². The third-order valence-electron chi connectivity index (χ3n) is 5.08. The molecule has 21 heavy (non-hydrogen) atoms. The monoisotopic (exact) mass is 295 g/mol. The second-order valence-corrected chi connectivity index (χ2v) is 6.89. The van der Waals surface area contributed by atoms with Crippen LogP contribution in [0.5, 0.6) is 0 Å². The Morgan fingerprint density at radius 3 is 2.71 bits per heavy atom. The summed E-state index contributed by atoms with van der Waals surface area (Å²) >= 11 is 0. The molecule has 2 aliphatic rings. The van der Waals surface area contributed by atoms with Gasteiger partial charge < -0.3 is 15.5 Å². The molecule has 1 atom stereocenters. The highest BCUT2D eigenvalue weighted by molar-refractivity contribution is 5.76. The minimum absolute atomic E-state index is 0.240. The fourth-order valence-corrected chi connectivity index (χ4v) is 3.69. The Labute approximate surface area is 130 Å². The maximum absolute atomic E-state index is 11.9. The van der Waals surface area contributed by atoms with Gasteiger partial charge in [-0.05, 0) is 64.7 Å². The molecule has 1 heterocycles. The van der Waals surface area contributed by atoms with Gasteiger partial charge in [0.1, 0.15) is 0 Å². The number of rotatable bonds is 7. The van der Waals surface area contributed by atoms with Crippen molar-refractivity contribution in [3.63, 3.8) is 0 Å². The first-order valence-electron chi connectivity index (χ1n) is 8.93. The molecule has 2 rings (SSSR count). The van der Waals surface area contributed by atoms with E-state index in [-0.39, 0.29) is 5.91 Å². The zero-order valence-corrected chi connectivity index (χ0v) is 13.7. The molecule has 1 saturated carbocycles. The molecular formula is C17H33N3O. The van der Waals surface area contributed by atoms with E-state index in [2.05, 4.69) is 22.6 Å². The molecule has 1 aliphatic heterocycles. The van der Waals surface area contributed by atoms with Crippen molar-refractivity contribution in [2.24, 2.45) is 5.92 Å². The minimum atomic E-state index is 0.240. The fourth-order valence-electron chi connectivity index (χ4n) is 3.69. The summed E-state index contributed by atoms with van der Waals surface area (Å²) in [6.45, 7) is 4.06. The summed E-state index contributed by atoms with van der Waals surface area (Å²) in [5.74, 6) is 0.785. The second-order valence-electron chi connectivity index (χ2n) is 6.89. The van der Waals surface area contributed by atoms with Crippen LogP contribution >= 0.6 is 0 Å². The molecule has 4 nitrogen and oxygen atoms in total. The molecule has 2 fully saturated rings. The molecule has 1 saturated heterocycles. The van der Waals surface area contributed by atoms with E-state index in [1.807, 2.05) is 0 Å². The molecule has 0 aromatic heterocycles. The van der Waals surface area contributed by atoms with E-state index in [4.69, 9.17) is 0 Å². The molecule has 0 aromatic carbocycles. The van der Waals surface area contributed by atoms with Gasteiger partial charge in [0.2, 0.25) is 5.91 Å². The van der Waals surface area contributed by atoms with Gasteiger partial charge in [-0.1, -0.05) is 19.3 Å². The quantitative estimate of drug-likeness (QED) is 0.707. The maximum atomic E-state index is 11.9. The first-order chi connectivity index (χ1) is 10.3. The molecule has 0 bridgehead atoms. The summed E-state index contributed by atoms with van der Waals surface area (Å²) in [5.41, 5.74) is 0. The van der Waals surface area contributed by atoms with Crippen LogP contribution in [0.1, 0.15) is 57.8 Å². The standard InChI is InChI=1S/C17H33N3O/c1-20(16-8-3-2-4-9-16)12-6-11-19-17(21)13-15-7-5-10-18-14-15/h15-16,18H,2-14H2,1H3,(H,19,21). The summed E-state index contributed by atoms with van der Waals surface area (Å²) < 4.78 is 0. The van der Waals surface area contributed by atoms with Gasteiger partial charge in [0, 0.05) is 19.0 Å². The van der Waals surface area contributed by atoms with E-state index < -0.39 is 0 Å². The van der Waals surface area contributed by atoms with E-state index in [9.17, 15) is 4.79 Å². The van der Waals surface area contributed by atoms with Crippen LogP contribution in [0.4, 0.5) is 0 Å². The Morgan fingerprint density at radius 1 is 1.19 bits per heavy atom. The predicted octanol–water partition coefficient (Wildman–Crippen LogP) is 2.15. The number of piperidine rings is 1. The molecular weight excluding hydrogens is 262 g/mol. The first-order valence-corrected chi connectivity index (χ1v) is 8.93. The summed E-state index contributed by atoms with van der Waals surface area (Å²) in [4.78, 5) is 14.4. The lowest BCUT2D eigenvalue weighted by Gasteiger charge is -2.31. The zero-order chi connectivity index (χ0) is 14.9. The van der Waals surface area contributed by atoms with Crippen molar-refractivity contribution in [2.75, 3.05) is 33.2 Å². The van der Waals surface area contributed by atoms with Crippen molar-refractivity contribution in [1.29, 1.82) is 0 Å². The highest BCUT2D eigenvalue weighted by Gasteiger charge is 2.18. The molecule has 4 heteroatoms. The van der Waals surface area contributed by atoms with E-state index in [1.165, 1.54) is 44.9 Å². The molecule has 0 radical (unpaired) electrons. The summed E-state index contributed by atoms with van der Waals surface area (Å²) in [6, 6.07) is 0.780. The highest BCUT2D eigenvalue weighted by Crippen LogP contribution is 2.21. The Hall–Kier alpha value is -0.610. The van der Waals surface area contributed by atoms with Crippen LogP contribution < -0.4 is 10.6 Å². The van der Waals surface area contributed by atoms with Crippen molar-refractivity contribution in [2.45, 2.75) is 63.8 Å². The van der Waals surface area contributed by atoms with E-state index in [0.717, 1.165) is 38.6 Å². The molecule has 2 N–H and O–H groups in total. The third-order valence-corrected chi connectivity index (χ3v) is 5.08. The Balaban J connectivity index is 1.51. The zero-order valence-electron chi connectivity index (χ0n) is 13.7. The van der Waals surface area contributed by atoms with Crippen molar-refractivity contribution in [1.82, 2.24) is 15.5 Å². The average Bonchev–Trinajstić information content (AvgIpc) is 2.53. The van der Waals surface area contributed by atoms with Crippen molar-refractivity contribution >= 4 is 5.91 Å². The van der Waals surface area contributed by atoms with Gasteiger partial charge in [-0.25, -0.2) is 0 Å². The molecule has 1 aliphatic carbocycles. The number of carbonyl (C=O) groups excluding carboxylic acids is 1. The van der Waals surface area contributed by atoms with E-state index in [0.29, 0.717) is 12.3 Å². The number of nitrogens with one attached hydrogen (secondary N) is 2. The lowest BCUT2D eigenvalue weighted by molar-refractivity contribution is -0.122. The first kappa shape index (κ1) is 16.8. The predicted molar refractivity (Wildman–Crippen MR) is 87.3 cm³/mol. The minimum Gasteiger partial charge on any atom is -0.356 e. The second kappa shape index (κ2) is 9.42. The van der Waals surface area contributed by atoms with E-state index in [1.54, 1.807) is 0 Å². The molecule has 1 unspecified atom stereocenters. The number of amides is 1. The maximum Gasteiger partial charge on any atom is 0.220 e. The van der Waals surface area contributed by atoms with Crippen LogP contribution in [0, 0.1) is 5.92 Å². The van der Waals surface area contributed by atoms with Crippen LogP contribution in [0.3, 0.4) is 0 Å². The Bertz CT molecular complexity index is 296. The summed E-state index contributed by atoms with van der Waals surface area (Å²) in [5, 5.41) is 6.47. The molecule has 0 spiro atoms. The lowest BCUT2D eigenvalue weighted by Crippen LogP contribution is -2.37. The van der Waals surface area contributed by atoms with Crippen LogP contribution in [0.25, 0.3) is 0 Å². The number of nitrogens with zero attached hydrogens (tertiary/aromatic N) is 1. The number of carbonyl (C=O) groups is 1. The smallest absolute Gasteiger partial charge is 0.220 e. The number of hydrogen-bond acceptors (Lipinski definition) is 3. The fraction of sp³-hybridized carbons (Fsp3) is 0.941. The van der Waals surface area contributed by atoms with Crippen molar-refractivity contribution in [3.05, 3.63) is 0 Å². The van der Waals surface area contributed by atoms with Crippen LogP contribution in [-0.2, 0) is 4.79 Å². The van der Waals surface area contributed by atoms with Crippen molar-refractivity contribution in [3.8, 4) is 0 Å². The van der Waals surface area contributed by atoms with Gasteiger partial charge in [-0.15, -0.1) is 0 Å². The SMILES string of the molecule is CN(CCCNC(=O)CC1CCCNC1)C1CCCCC1. The normalized spacial score (nSPS) is 24.2. The van der Waals surface area contributed by atoms with Gasteiger partial charge >= 0.3 is 0 Å². The highest BCUT2D eigenvalue weighted by atomic mass is 16.1. The lowest BCUT2D eigenvalue weighted by atomic mass is 9.94. The average molecular weight is 295 g/mol. The van der Waals surface area contributed by atoms with Crippen LogP contribution in [0.2, 0.25) is 0 Å². The van der Waals surface area contributed by atoms with Gasteiger partial charge in [0.05, 0.1) is 0 Å². The number of hydrogen-bond donors (Lipinski definition) is 2. The molecule has 1 amide bonds. The van der Waals surface area contributed by atoms with Crippen LogP contribution in [-0.4, -0.2) is 50.1 Å². The van der Waals surface area contributed by atoms with Gasteiger partial charge in [-0.2, -0.15) is 0 Å². The molecule has 0 aromatic rings. The van der Waals surface area contributed by atoms with Gasteiger partial charge in [0.15, 0.2) is 0 Å². The Morgan fingerprint density at radius 2 is 2.00 bits per heavy atom. The topological polar surface area (TPSA) is 44.4 Å². The largest absolute Gasteiger partial charge is 0.356 e.